The molecule has 0 saturated carbocycles. The van der Waals surface area contributed by atoms with Crippen LogP contribution in [0.15, 0.2) is 24.3 Å². The van der Waals surface area contributed by atoms with Crippen LogP contribution >= 0.6 is 0 Å². The lowest BCUT2D eigenvalue weighted by molar-refractivity contribution is 0.419. The van der Waals surface area contributed by atoms with E-state index >= 15 is 0 Å². The van der Waals surface area contributed by atoms with E-state index in [9.17, 15) is 0 Å². The molecule has 0 aromatic heterocycles. The first kappa shape index (κ1) is 9.07. The molecule has 0 bridgehead atoms. The Bertz CT molecular complexity index is 251. The number of phenolic OH excluding ortho intramolecular Hbond substituents is 1. The van der Waals surface area contributed by atoms with Crippen LogP contribution in [0.5, 0.6) is 5.75 Å². The van der Waals surface area contributed by atoms with E-state index in [1.54, 1.807) is 12.1 Å². The summed E-state index contributed by atoms with van der Waals surface area (Å²) in [5.74, 6) is 0.329. The highest BCUT2D eigenvalue weighted by Gasteiger charge is 2.14. The fraction of sp³-hybridized carbons (Fsp3) is 0.400. The van der Waals surface area contributed by atoms with Crippen molar-refractivity contribution >= 4 is 5.69 Å². The summed E-state index contributed by atoms with van der Waals surface area (Å²) in [7, 11) is 4.29. The Morgan fingerprint density at radius 3 is 2.08 bits per heavy atom. The molecule has 0 aliphatic carbocycles. The summed E-state index contributed by atoms with van der Waals surface area (Å²) in [6.07, 6.45) is 0. The molecule has 0 amide bonds. The van der Waals surface area contributed by atoms with Gasteiger partial charge in [0.1, 0.15) is 11.4 Å². The molecule has 0 fully saturated rings. The molecule has 2 nitrogen and oxygen atoms in total. The van der Waals surface area contributed by atoms with E-state index in [1.807, 2.05) is 12.1 Å². The minimum atomic E-state index is 0.329. The van der Waals surface area contributed by atoms with Gasteiger partial charge in [-0.15, -0.1) is 0 Å². The fourth-order valence-corrected chi connectivity index (χ4v) is 1.04. The Kier molecular flexibility index (Phi) is 2.38. The molecule has 0 unspecified atom stereocenters. The molecule has 0 radical (unpaired) electrons. The first-order valence-corrected chi connectivity index (χ1v) is 4.19. The predicted octanol–water partition coefficient (Wildman–Crippen LogP) is 1.98. The van der Waals surface area contributed by atoms with Crippen molar-refractivity contribution < 1.29 is 5.11 Å². The van der Waals surface area contributed by atoms with Crippen LogP contribution in [-0.2, 0) is 0 Å². The lowest BCUT2D eigenvalue weighted by atomic mass is 10.2. The predicted molar refractivity (Wildman–Crippen MR) is 52.3 cm³/mol. The number of quaternary nitrogens is 1. The Morgan fingerprint density at radius 1 is 1.17 bits per heavy atom. The Labute approximate surface area is 73.7 Å². The zero-order chi connectivity index (χ0) is 9.19. The number of phenols is 1. The van der Waals surface area contributed by atoms with E-state index in [0.29, 0.717) is 5.75 Å². The third-order valence-electron chi connectivity index (χ3n) is 2.34. The molecule has 2 heteroatoms. The minimum Gasteiger partial charge on any atom is -0.508 e. The van der Waals surface area contributed by atoms with Crippen molar-refractivity contribution in [2.24, 2.45) is 0 Å². The molecule has 0 atom stereocenters. The van der Waals surface area contributed by atoms with Gasteiger partial charge in [-0.1, -0.05) is 0 Å². The molecule has 1 aromatic rings. The highest BCUT2D eigenvalue weighted by Crippen LogP contribution is 2.21. The molecule has 0 spiro atoms. The van der Waals surface area contributed by atoms with E-state index in [0.717, 1.165) is 11.0 Å². The van der Waals surface area contributed by atoms with Crippen LogP contribution in [0.2, 0.25) is 0 Å². The highest BCUT2D eigenvalue weighted by atomic mass is 16.3. The molecule has 0 heterocycles. The highest BCUT2D eigenvalue weighted by molar-refractivity contribution is 5.44. The van der Waals surface area contributed by atoms with Crippen molar-refractivity contribution in [3.63, 3.8) is 0 Å². The number of hydrogen-bond donors (Lipinski definition) is 1. The smallest absolute Gasteiger partial charge is 0.132 e. The standard InChI is InChI=1S/C10H15NO/c1-4-11(2,3)9-5-7-10(12)8-6-9/h5-8H,4H2,1-3H3/p+1. The van der Waals surface area contributed by atoms with Gasteiger partial charge in [0.05, 0.1) is 20.6 Å². The monoisotopic (exact) mass is 166 g/mol. The van der Waals surface area contributed by atoms with Crippen LogP contribution in [0, 0.1) is 0 Å². The van der Waals surface area contributed by atoms with Crippen molar-refractivity contribution in [2.75, 3.05) is 20.6 Å². The number of hydrogen-bond acceptors (Lipinski definition) is 1. The van der Waals surface area contributed by atoms with Crippen LogP contribution in [0.25, 0.3) is 0 Å². The van der Waals surface area contributed by atoms with E-state index in [2.05, 4.69) is 21.0 Å². The van der Waals surface area contributed by atoms with Gasteiger partial charge in [-0.25, -0.2) is 0 Å². The summed E-state index contributed by atoms with van der Waals surface area (Å²) >= 11 is 0. The third-order valence-corrected chi connectivity index (χ3v) is 2.34. The van der Waals surface area contributed by atoms with Gasteiger partial charge >= 0.3 is 0 Å². The quantitative estimate of drug-likeness (QED) is 0.666. The summed E-state index contributed by atoms with van der Waals surface area (Å²) in [4.78, 5) is 0. The normalized spacial score (nSPS) is 11.6. The van der Waals surface area contributed by atoms with Crippen LogP contribution in [0.1, 0.15) is 6.92 Å². The van der Waals surface area contributed by atoms with Gasteiger partial charge in [0.25, 0.3) is 0 Å². The summed E-state index contributed by atoms with van der Waals surface area (Å²) in [5, 5.41) is 9.09. The van der Waals surface area contributed by atoms with Gasteiger partial charge in [-0.2, -0.15) is 0 Å². The zero-order valence-electron chi connectivity index (χ0n) is 7.91. The molecule has 12 heavy (non-hydrogen) atoms. The van der Waals surface area contributed by atoms with Crippen molar-refractivity contribution in [1.29, 1.82) is 0 Å². The summed E-state index contributed by atoms with van der Waals surface area (Å²) in [6.45, 7) is 3.19. The molecule has 0 aliphatic heterocycles. The van der Waals surface area contributed by atoms with Gasteiger partial charge in [0.15, 0.2) is 0 Å². The van der Waals surface area contributed by atoms with Gasteiger partial charge in [0, 0.05) is 12.1 Å². The Hall–Kier alpha value is -1.02. The molecule has 1 aromatic carbocycles. The van der Waals surface area contributed by atoms with Gasteiger partial charge < -0.3 is 5.11 Å². The Balaban J connectivity index is 2.96. The van der Waals surface area contributed by atoms with Crippen LogP contribution in [0.4, 0.5) is 5.69 Å². The first-order chi connectivity index (χ1) is 5.56. The van der Waals surface area contributed by atoms with Crippen molar-refractivity contribution in [1.82, 2.24) is 4.48 Å². The van der Waals surface area contributed by atoms with Gasteiger partial charge in [-0.05, 0) is 19.1 Å². The van der Waals surface area contributed by atoms with E-state index < -0.39 is 0 Å². The molecule has 0 saturated heterocycles. The second-order valence-electron chi connectivity index (χ2n) is 3.52. The average molecular weight is 166 g/mol. The van der Waals surface area contributed by atoms with Crippen LogP contribution < -0.4 is 4.48 Å². The van der Waals surface area contributed by atoms with E-state index in [4.69, 9.17) is 5.11 Å². The van der Waals surface area contributed by atoms with Gasteiger partial charge in [-0.3, -0.25) is 4.48 Å². The van der Waals surface area contributed by atoms with Crippen molar-refractivity contribution in [3.05, 3.63) is 24.3 Å². The second-order valence-corrected chi connectivity index (χ2v) is 3.52. The molecule has 1 N–H and O–H groups in total. The third kappa shape index (κ3) is 1.77. The SMILES string of the molecule is CC[N+](C)(C)c1ccc(O)cc1. The summed E-state index contributed by atoms with van der Waals surface area (Å²) < 4.78 is 0.847. The van der Waals surface area contributed by atoms with Crippen LogP contribution in [0.3, 0.4) is 0 Å². The molecule has 0 aliphatic rings. The maximum Gasteiger partial charge on any atom is 0.132 e. The Morgan fingerprint density at radius 2 is 1.67 bits per heavy atom. The summed E-state index contributed by atoms with van der Waals surface area (Å²) in [5.41, 5.74) is 1.22. The van der Waals surface area contributed by atoms with Crippen molar-refractivity contribution in [2.45, 2.75) is 6.92 Å². The maximum atomic E-state index is 9.09. The largest absolute Gasteiger partial charge is 0.508 e. The lowest BCUT2D eigenvalue weighted by Crippen LogP contribution is -2.39. The topological polar surface area (TPSA) is 20.2 Å². The van der Waals surface area contributed by atoms with Crippen molar-refractivity contribution in [3.8, 4) is 5.75 Å². The number of rotatable bonds is 2. The molecular formula is C10H16NO+. The number of aromatic hydroxyl groups is 1. The minimum absolute atomic E-state index is 0.329. The van der Waals surface area contributed by atoms with E-state index in [1.165, 1.54) is 5.69 Å². The summed E-state index contributed by atoms with van der Waals surface area (Å²) in [6, 6.07) is 7.37. The average Bonchev–Trinajstić information content (AvgIpc) is 2.05. The second kappa shape index (κ2) is 3.15. The lowest BCUT2D eigenvalue weighted by Gasteiger charge is -2.27. The zero-order valence-corrected chi connectivity index (χ0v) is 7.91. The maximum absolute atomic E-state index is 9.09. The van der Waals surface area contributed by atoms with Gasteiger partial charge in [0.2, 0.25) is 0 Å². The molecular weight excluding hydrogens is 150 g/mol. The number of nitrogens with zero attached hydrogens (tertiary/aromatic N) is 1. The fourth-order valence-electron chi connectivity index (χ4n) is 1.04. The molecule has 66 valence electrons. The molecule has 1 rings (SSSR count). The first-order valence-electron chi connectivity index (χ1n) is 4.19. The van der Waals surface area contributed by atoms with Crippen LogP contribution in [-0.4, -0.2) is 25.7 Å². The van der Waals surface area contributed by atoms with E-state index in [-0.39, 0.29) is 0 Å². The number of benzene rings is 1.